The van der Waals surface area contributed by atoms with Gasteiger partial charge in [-0.3, -0.25) is 10.1 Å². The molecule has 1 heterocycles. The van der Waals surface area contributed by atoms with Crippen LogP contribution in [0.4, 0.5) is 26.3 Å². The van der Waals surface area contributed by atoms with Gasteiger partial charge in [-0.25, -0.2) is 4.39 Å². The van der Waals surface area contributed by atoms with Crippen LogP contribution in [-0.2, 0) is 11.2 Å². The van der Waals surface area contributed by atoms with Gasteiger partial charge in [0.25, 0.3) is 0 Å². The molecule has 3 N–H and O–H groups in total. The first kappa shape index (κ1) is 22.5. The molecule has 14 heteroatoms. The van der Waals surface area contributed by atoms with Crippen LogP contribution in [0.3, 0.4) is 0 Å². The van der Waals surface area contributed by atoms with E-state index in [0.717, 1.165) is 24.3 Å². The van der Waals surface area contributed by atoms with Crippen molar-refractivity contribution in [2.24, 2.45) is 0 Å². The Morgan fingerprint density at radius 3 is 2.35 bits per heavy atom. The monoisotopic (exact) mass is 447 g/mol. The number of aromatic amines is 1. The number of aromatic nitrogens is 4. The Balaban J connectivity index is 1.95. The number of alkyl halides is 5. The Kier molecular flexibility index (Phi) is 5.90. The third kappa shape index (κ3) is 4.93. The third-order valence-corrected chi connectivity index (χ3v) is 4.73. The molecule has 2 aromatic rings. The highest BCUT2D eigenvalue weighted by Crippen LogP contribution is 2.45. The number of carbonyl (C=O) groups excluding carboxylic acids is 1. The molecule has 0 radical (unpaired) electrons. The van der Waals surface area contributed by atoms with Gasteiger partial charge in [0.05, 0.1) is 12.1 Å². The zero-order chi connectivity index (χ0) is 22.9. The quantitative estimate of drug-likeness (QED) is 0.533. The lowest BCUT2D eigenvalue weighted by Crippen LogP contribution is -2.56. The SMILES string of the molecule is N#CC1(NC(=O)[C@H](Cc2nn[nH]n2)N[C@@H](c2ccc(F)cc2)C(F)(F)C(F)(F)F)CC1. The second-order valence-electron chi connectivity index (χ2n) is 7.04. The molecule has 1 saturated carbocycles. The number of rotatable bonds is 8. The smallest absolute Gasteiger partial charge is 0.336 e. The van der Waals surface area contributed by atoms with Crippen LogP contribution in [0.1, 0.15) is 30.3 Å². The van der Waals surface area contributed by atoms with Crippen molar-refractivity contribution in [1.29, 1.82) is 5.26 Å². The normalized spacial score (nSPS) is 17.5. The molecular weight excluding hydrogens is 432 g/mol. The van der Waals surface area contributed by atoms with E-state index in [9.17, 15) is 31.1 Å². The molecule has 2 atom stereocenters. The molecule has 3 rings (SSSR count). The number of hydrogen-bond acceptors (Lipinski definition) is 6. The standard InChI is InChI=1S/C17H15F6N7O/c18-10-3-1-9(2-4-10)13(16(19,20)17(21,22)23)25-11(7-12-27-29-30-28-12)14(31)26-15(8-24)5-6-15/h1-4,11,13,25H,5-7H2,(H,26,31)(H,27,28,29,30)/t11-,13-/m0/s1. The summed E-state index contributed by atoms with van der Waals surface area (Å²) < 4.78 is 81.5. The van der Waals surface area contributed by atoms with E-state index in [0.29, 0.717) is 12.8 Å². The van der Waals surface area contributed by atoms with Crippen molar-refractivity contribution < 1.29 is 31.1 Å². The number of amides is 1. The maximum atomic E-state index is 14.4. The molecule has 1 aliphatic carbocycles. The fourth-order valence-corrected chi connectivity index (χ4v) is 2.82. The Bertz CT molecular complexity index is 951. The van der Waals surface area contributed by atoms with Gasteiger partial charge in [-0.05, 0) is 30.5 Å². The number of nitrogens with one attached hydrogen (secondary N) is 3. The summed E-state index contributed by atoms with van der Waals surface area (Å²) in [6.45, 7) is 0. The summed E-state index contributed by atoms with van der Waals surface area (Å²) in [5, 5.41) is 26.0. The summed E-state index contributed by atoms with van der Waals surface area (Å²) in [4.78, 5) is 12.7. The van der Waals surface area contributed by atoms with E-state index >= 15 is 0 Å². The van der Waals surface area contributed by atoms with Crippen molar-refractivity contribution in [2.45, 2.75) is 49.0 Å². The van der Waals surface area contributed by atoms with Gasteiger partial charge in [0, 0.05) is 6.42 Å². The minimum Gasteiger partial charge on any atom is -0.336 e. The number of hydrogen-bond donors (Lipinski definition) is 3. The minimum atomic E-state index is -5.98. The Morgan fingerprint density at radius 1 is 1.23 bits per heavy atom. The van der Waals surface area contributed by atoms with Crippen molar-refractivity contribution in [2.75, 3.05) is 0 Å². The molecule has 1 aromatic heterocycles. The van der Waals surface area contributed by atoms with Crippen molar-refractivity contribution in [1.82, 2.24) is 31.3 Å². The van der Waals surface area contributed by atoms with E-state index < -0.39 is 53.4 Å². The average Bonchev–Trinajstić information content (AvgIpc) is 3.28. The van der Waals surface area contributed by atoms with E-state index in [1.165, 1.54) is 0 Å². The van der Waals surface area contributed by atoms with E-state index in [2.05, 4.69) is 25.9 Å². The Hall–Kier alpha value is -3.21. The lowest BCUT2D eigenvalue weighted by molar-refractivity contribution is -0.294. The number of halogens is 6. The van der Waals surface area contributed by atoms with Crippen molar-refractivity contribution in [3.05, 3.63) is 41.5 Å². The van der Waals surface area contributed by atoms with Gasteiger partial charge in [-0.1, -0.05) is 17.3 Å². The van der Waals surface area contributed by atoms with Crippen LogP contribution >= 0.6 is 0 Å². The molecule has 1 amide bonds. The van der Waals surface area contributed by atoms with Gasteiger partial charge >= 0.3 is 12.1 Å². The van der Waals surface area contributed by atoms with Gasteiger partial charge in [0.1, 0.15) is 17.4 Å². The first-order valence-corrected chi connectivity index (χ1v) is 8.89. The van der Waals surface area contributed by atoms with Gasteiger partial charge in [-0.15, -0.1) is 10.2 Å². The Morgan fingerprint density at radius 2 is 1.87 bits per heavy atom. The molecule has 0 unspecified atom stereocenters. The van der Waals surface area contributed by atoms with Crippen LogP contribution in [0.5, 0.6) is 0 Å². The highest BCUT2D eigenvalue weighted by atomic mass is 19.4. The van der Waals surface area contributed by atoms with Crippen LogP contribution in [0.25, 0.3) is 0 Å². The number of tetrazole rings is 1. The summed E-state index contributed by atoms with van der Waals surface area (Å²) in [6, 6.07) is 0.391. The molecule has 166 valence electrons. The van der Waals surface area contributed by atoms with Crippen molar-refractivity contribution in [3.8, 4) is 6.07 Å². The molecule has 0 aliphatic heterocycles. The molecule has 0 spiro atoms. The van der Waals surface area contributed by atoms with Crippen molar-refractivity contribution >= 4 is 5.91 Å². The van der Waals surface area contributed by atoms with Crippen LogP contribution in [-0.4, -0.2) is 50.2 Å². The Labute approximate surface area is 171 Å². The van der Waals surface area contributed by atoms with Crippen LogP contribution in [0, 0.1) is 17.1 Å². The topological polar surface area (TPSA) is 119 Å². The lowest BCUT2D eigenvalue weighted by Gasteiger charge is -2.32. The zero-order valence-electron chi connectivity index (χ0n) is 15.6. The second kappa shape index (κ2) is 8.14. The van der Waals surface area contributed by atoms with E-state index in [1.807, 2.05) is 11.4 Å². The highest BCUT2D eigenvalue weighted by molar-refractivity contribution is 5.83. The number of nitriles is 1. The molecule has 0 bridgehead atoms. The van der Waals surface area contributed by atoms with Crippen LogP contribution < -0.4 is 10.6 Å². The fraction of sp³-hybridized carbons (Fsp3) is 0.471. The van der Waals surface area contributed by atoms with E-state index in [1.54, 1.807) is 0 Å². The second-order valence-corrected chi connectivity index (χ2v) is 7.04. The van der Waals surface area contributed by atoms with Gasteiger partial charge in [-0.2, -0.15) is 32.4 Å². The summed E-state index contributed by atoms with van der Waals surface area (Å²) in [6.07, 6.45) is -5.86. The van der Waals surface area contributed by atoms with Crippen LogP contribution in [0.15, 0.2) is 24.3 Å². The van der Waals surface area contributed by atoms with Crippen LogP contribution in [0.2, 0.25) is 0 Å². The zero-order valence-corrected chi connectivity index (χ0v) is 15.6. The largest absolute Gasteiger partial charge is 0.455 e. The van der Waals surface area contributed by atoms with Crippen molar-refractivity contribution in [3.63, 3.8) is 0 Å². The lowest BCUT2D eigenvalue weighted by atomic mass is 9.97. The maximum absolute atomic E-state index is 14.4. The number of benzene rings is 1. The first-order valence-electron chi connectivity index (χ1n) is 8.89. The van der Waals surface area contributed by atoms with E-state index in [4.69, 9.17) is 5.26 Å². The van der Waals surface area contributed by atoms with E-state index in [-0.39, 0.29) is 5.82 Å². The predicted octanol–water partition coefficient (Wildman–Crippen LogP) is 1.95. The third-order valence-electron chi connectivity index (χ3n) is 4.73. The fourth-order valence-electron chi connectivity index (χ4n) is 2.82. The molecule has 31 heavy (non-hydrogen) atoms. The molecule has 1 aromatic carbocycles. The number of nitrogens with zero attached hydrogens (tertiary/aromatic N) is 4. The number of carbonyl (C=O) groups is 1. The maximum Gasteiger partial charge on any atom is 0.455 e. The van der Waals surface area contributed by atoms with Gasteiger partial charge in [0.2, 0.25) is 5.91 Å². The molecule has 8 nitrogen and oxygen atoms in total. The number of H-pyrrole nitrogens is 1. The summed E-state index contributed by atoms with van der Waals surface area (Å²) >= 11 is 0. The summed E-state index contributed by atoms with van der Waals surface area (Å²) in [5.41, 5.74) is -1.80. The summed E-state index contributed by atoms with van der Waals surface area (Å²) in [7, 11) is 0. The predicted molar refractivity (Wildman–Crippen MR) is 90.7 cm³/mol. The molecule has 1 fully saturated rings. The molecular formula is C17H15F6N7O. The minimum absolute atomic E-state index is 0.136. The van der Waals surface area contributed by atoms with Gasteiger partial charge < -0.3 is 5.32 Å². The van der Waals surface area contributed by atoms with Gasteiger partial charge in [0.15, 0.2) is 5.82 Å². The average molecular weight is 447 g/mol. The molecule has 0 saturated heterocycles. The summed E-state index contributed by atoms with van der Waals surface area (Å²) in [5.74, 6) is -7.30. The molecule has 1 aliphatic rings. The first-order chi connectivity index (χ1) is 14.5. The highest BCUT2D eigenvalue weighted by Gasteiger charge is 2.63.